The van der Waals surface area contributed by atoms with Gasteiger partial charge in [-0.2, -0.15) is 13.2 Å². The van der Waals surface area contributed by atoms with Crippen molar-refractivity contribution in [2.75, 3.05) is 13.7 Å². The number of amides is 1. The number of esters is 1. The second kappa shape index (κ2) is 8.55. The highest BCUT2D eigenvalue weighted by molar-refractivity contribution is 5.81. The molecule has 8 heteroatoms. The van der Waals surface area contributed by atoms with Gasteiger partial charge in [-0.25, -0.2) is 0 Å². The monoisotopic (exact) mass is 407 g/mol. The first kappa shape index (κ1) is 20.7. The van der Waals surface area contributed by atoms with Gasteiger partial charge in [0, 0.05) is 18.4 Å². The lowest BCUT2D eigenvalue weighted by atomic mass is 9.96. The Hall–Kier alpha value is -3.03. The van der Waals surface area contributed by atoms with Crippen molar-refractivity contribution in [2.24, 2.45) is 0 Å². The molecular formula is C21H20F3NO4. The molecule has 5 nitrogen and oxygen atoms in total. The average molecular weight is 407 g/mol. The molecule has 1 heterocycles. The number of para-hydroxylation sites is 1. The average Bonchev–Trinajstić information content (AvgIpc) is 3.13. The molecule has 29 heavy (non-hydrogen) atoms. The van der Waals surface area contributed by atoms with Crippen molar-refractivity contribution in [1.29, 1.82) is 0 Å². The number of carbonyl (C=O) groups excluding carboxylic acids is 2. The van der Waals surface area contributed by atoms with Crippen LogP contribution in [-0.4, -0.2) is 31.6 Å². The third kappa shape index (κ3) is 4.88. The predicted octanol–water partition coefficient (Wildman–Crippen LogP) is 3.75. The molecule has 154 valence electrons. The Morgan fingerprint density at radius 2 is 1.83 bits per heavy atom. The van der Waals surface area contributed by atoms with Crippen molar-refractivity contribution in [3.05, 3.63) is 53.6 Å². The minimum atomic E-state index is -4.48. The number of alkyl halides is 3. The number of carbonyl (C=O) groups is 2. The van der Waals surface area contributed by atoms with Gasteiger partial charge in [0.25, 0.3) is 0 Å². The highest BCUT2D eigenvalue weighted by Gasteiger charge is 2.35. The Morgan fingerprint density at radius 1 is 1.10 bits per heavy atom. The maximum atomic E-state index is 13.4. The molecule has 2 aromatic carbocycles. The van der Waals surface area contributed by atoms with Gasteiger partial charge in [-0.15, -0.1) is 0 Å². The number of methoxy groups -OCH3 is 1. The van der Waals surface area contributed by atoms with E-state index in [-0.39, 0.29) is 30.9 Å². The van der Waals surface area contributed by atoms with Crippen LogP contribution in [-0.2, 0) is 26.9 Å². The first-order chi connectivity index (χ1) is 13.8. The zero-order valence-electron chi connectivity index (χ0n) is 15.7. The largest absolute Gasteiger partial charge is 0.487 e. The van der Waals surface area contributed by atoms with Crippen LogP contribution >= 0.6 is 0 Å². The molecule has 0 saturated carbocycles. The molecule has 1 unspecified atom stereocenters. The summed E-state index contributed by atoms with van der Waals surface area (Å²) in [6.07, 6.45) is -4.44. The van der Waals surface area contributed by atoms with Crippen LogP contribution < -0.4 is 10.1 Å². The lowest BCUT2D eigenvalue weighted by Crippen LogP contribution is -2.34. The SMILES string of the molecule is COC(=O)CCC(=O)NCC1Cc2cccc(-c3ccccc3C(F)(F)F)c2O1. The van der Waals surface area contributed by atoms with Crippen molar-refractivity contribution in [1.82, 2.24) is 5.32 Å². The topological polar surface area (TPSA) is 64.6 Å². The minimum Gasteiger partial charge on any atom is -0.487 e. The standard InChI is InChI=1S/C21H20F3NO4/c1-28-19(27)10-9-18(26)25-12-14-11-13-5-4-7-16(20(13)29-14)15-6-2-3-8-17(15)21(22,23)24/h2-8,14H,9-12H2,1H3,(H,25,26). The Kier molecular flexibility index (Phi) is 6.10. The van der Waals surface area contributed by atoms with Crippen molar-refractivity contribution in [3.63, 3.8) is 0 Å². The Morgan fingerprint density at radius 3 is 2.55 bits per heavy atom. The molecule has 1 N–H and O–H groups in total. The predicted molar refractivity (Wildman–Crippen MR) is 99.3 cm³/mol. The van der Waals surface area contributed by atoms with Gasteiger partial charge in [0.05, 0.1) is 25.6 Å². The number of hydrogen-bond acceptors (Lipinski definition) is 4. The summed E-state index contributed by atoms with van der Waals surface area (Å²) >= 11 is 0. The number of ether oxygens (including phenoxy) is 2. The van der Waals surface area contributed by atoms with E-state index in [0.29, 0.717) is 17.7 Å². The van der Waals surface area contributed by atoms with E-state index in [9.17, 15) is 22.8 Å². The van der Waals surface area contributed by atoms with E-state index in [1.54, 1.807) is 24.3 Å². The molecule has 1 amide bonds. The van der Waals surface area contributed by atoms with Gasteiger partial charge in [-0.05, 0) is 17.2 Å². The summed E-state index contributed by atoms with van der Waals surface area (Å²) in [5, 5.41) is 2.68. The Bertz CT molecular complexity index is 911. The molecular weight excluding hydrogens is 387 g/mol. The number of fused-ring (bicyclic) bond motifs is 1. The summed E-state index contributed by atoms with van der Waals surface area (Å²) in [6.45, 7) is 0.190. The fourth-order valence-electron chi connectivity index (χ4n) is 3.26. The van der Waals surface area contributed by atoms with Crippen LogP contribution in [0.4, 0.5) is 13.2 Å². The molecule has 0 spiro atoms. The van der Waals surface area contributed by atoms with Crippen molar-refractivity contribution in [2.45, 2.75) is 31.5 Å². The zero-order chi connectivity index (χ0) is 21.0. The van der Waals surface area contributed by atoms with Gasteiger partial charge in [0.2, 0.25) is 5.91 Å². The van der Waals surface area contributed by atoms with Gasteiger partial charge in [-0.3, -0.25) is 9.59 Å². The van der Waals surface area contributed by atoms with Gasteiger partial charge < -0.3 is 14.8 Å². The summed E-state index contributed by atoms with van der Waals surface area (Å²) in [5.41, 5.74) is 0.486. The smallest absolute Gasteiger partial charge is 0.417 e. The van der Waals surface area contributed by atoms with Gasteiger partial charge >= 0.3 is 12.1 Å². The summed E-state index contributed by atoms with van der Waals surface area (Å²) in [6, 6.07) is 10.5. The Balaban J connectivity index is 1.72. The van der Waals surface area contributed by atoms with E-state index in [4.69, 9.17) is 4.74 Å². The van der Waals surface area contributed by atoms with Crippen molar-refractivity contribution >= 4 is 11.9 Å². The first-order valence-corrected chi connectivity index (χ1v) is 9.08. The highest BCUT2D eigenvalue weighted by atomic mass is 19.4. The van der Waals surface area contributed by atoms with Gasteiger partial charge in [0.1, 0.15) is 11.9 Å². The summed E-state index contributed by atoms with van der Waals surface area (Å²) in [7, 11) is 1.25. The summed E-state index contributed by atoms with van der Waals surface area (Å²) in [5.74, 6) is -0.395. The molecule has 3 rings (SSSR count). The molecule has 2 aromatic rings. The molecule has 0 radical (unpaired) electrons. The maximum absolute atomic E-state index is 13.4. The fourth-order valence-corrected chi connectivity index (χ4v) is 3.26. The van der Waals surface area contributed by atoms with Crippen molar-refractivity contribution in [3.8, 4) is 16.9 Å². The first-order valence-electron chi connectivity index (χ1n) is 9.08. The molecule has 1 aliphatic rings. The van der Waals surface area contributed by atoms with Crippen LogP contribution in [0.25, 0.3) is 11.1 Å². The van der Waals surface area contributed by atoms with Crippen LogP contribution in [0.1, 0.15) is 24.0 Å². The molecule has 0 bridgehead atoms. The van der Waals surface area contributed by atoms with Crippen LogP contribution in [0.5, 0.6) is 5.75 Å². The summed E-state index contributed by atoms with van der Waals surface area (Å²) < 4.78 is 50.6. The quantitative estimate of drug-likeness (QED) is 0.741. The number of hydrogen-bond donors (Lipinski definition) is 1. The third-order valence-electron chi connectivity index (χ3n) is 4.66. The van der Waals surface area contributed by atoms with E-state index in [1.165, 1.54) is 19.2 Å². The molecule has 1 atom stereocenters. The van der Waals surface area contributed by atoms with E-state index < -0.39 is 23.8 Å². The summed E-state index contributed by atoms with van der Waals surface area (Å²) in [4.78, 5) is 22.9. The van der Waals surface area contributed by atoms with Gasteiger partial charge in [0.15, 0.2) is 0 Å². The third-order valence-corrected chi connectivity index (χ3v) is 4.66. The second-order valence-corrected chi connectivity index (χ2v) is 6.66. The second-order valence-electron chi connectivity index (χ2n) is 6.66. The van der Waals surface area contributed by atoms with Crippen LogP contribution in [0, 0.1) is 0 Å². The number of rotatable bonds is 6. The van der Waals surface area contributed by atoms with Crippen molar-refractivity contribution < 1.29 is 32.2 Å². The van der Waals surface area contributed by atoms with E-state index in [0.717, 1.165) is 11.6 Å². The maximum Gasteiger partial charge on any atom is 0.417 e. The number of halogens is 3. The Labute approximate surface area is 165 Å². The van der Waals surface area contributed by atoms with E-state index in [1.807, 2.05) is 0 Å². The van der Waals surface area contributed by atoms with Crippen LogP contribution in [0.2, 0.25) is 0 Å². The lowest BCUT2D eigenvalue weighted by molar-refractivity contribution is -0.142. The molecule has 0 aliphatic carbocycles. The van der Waals surface area contributed by atoms with Gasteiger partial charge in [-0.1, -0.05) is 36.4 Å². The van der Waals surface area contributed by atoms with E-state index in [2.05, 4.69) is 10.1 Å². The van der Waals surface area contributed by atoms with Crippen LogP contribution in [0.3, 0.4) is 0 Å². The van der Waals surface area contributed by atoms with Crippen LogP contribution in [0.15, 0.2) is 42.5 Å². The normalized spacial score (nSPS) is 15.4. The number of nitrogens with one attached hydrogen (secondary N) is 1. The fraction of sp³-hybridized carbons (Fsp3) is 0.333. The molecule has 0 saturated heterocycles. The zero-order valence-corrected chi connectivity index (χ0v) is 15.7. The van der Waals surface area contributed by atoms with E-state index >= 15 is 0 Å². The molecule has 1 aliphatic heterocycles. The molecule has 0 fully saturated rings. The minimum absolute atomic E-state index is 0.00342. The highest BCUT2D eigenvalue weighted by Crippen LogP contribution is 2.43. The number of benzene rings is 2. The lowest BCUT2D eigenvalue weighted by Gasteiger charge is -2.16. The molecule has 0 aromatic heterocycles.